The van der Waals surface area contributed by atoms with Crippen LogP contribution in [0.2, 0.25) is 0 Å². The molecule has 3 rings (SSSR count). The Morgan fingerprint density at radius 1 is 0.660 bits per heavy atom. The molecule has 3 aromatic rings. The van der Waals surface area contributed by atoms with E-state index in [9.17, 15) is 15.0 Å². The standard InChI is InChI=1S/C45H58O5/c1-31(2)13-9-15-33(5)17-11-19-35(7)21-26-39-41(46)29-42(47)43-44(48)40(30-50-45(39)43)37-22-24-38(25-23-37)49-28-27-36(8)20-12-18-34(6)16-10-14-32(3)4/h13-14,17-18,21-25,27,29-30,46-47H,9-12,15-16,19-20,26,28H2,1-8H3/b33-17+,34-18+,35-21+,36-27+. The molecule has 0 aliphatic carbocycles. The van der Waals surface area contributed by atoms with E-state index in [1.807, 2.05) is 30.3 Å². The van der Waals surface area contributed by atoms with E-state index >= 15 is 0 Å². The fraction of sp³-hybridized carbons (Fsp3) is 0.400. The Morgan fingerprint density at radius 3 is 1.70 bits per heavy atom. The van der Waals surface area contributed by atoms with Gasteiger partial charge in [-0.2, -0.15) is 0 Å². The number of phenols is 2. The molecule has 0 bridgehead atoms. The first-order valence-corrected chi connectivity index (χ1v) is 18.0. The predicted octanol–water partition coefficient (Wildman–Crippen LogP) is 12.6. The smallest absolute Gasteiger partial charge is 0.204 e. The summed E-state index contributed by atoms with van der Waals surface area (Å²) in [6.45, 7) is 17.6. The van der Waals surface area contributed by atoms with Crippen LogP contribution in [-0.2, 0) is 6.42 Å². The Morgan fingerprint density at radius 2 is 1.16 bits per heavy atom. The molecule has 0 atom stereocenters. The van der Waals surface area contributed by atoms with Gasteiger partial charge in [-0.3, -0.25) is 4.79 Å². The number of benzene rings is 2. The van der Waals surface area contributed by atoms with Gasteiger partial charge in [-0.15, -0.1) is 0 Å². The topological polar surface area (TPSA) is 79.9 Å². The fourth-order valence-electron chi connectivity index (χ4n) is 5.69. The summed E-state index contributed by atoms with van der Waals surface area (Å²) in [5.41, 5.74) is 9.30. The lowest BCUT2D eigenvalue weighted by molar-refractivity contribution is 0.361. The van der Waals surface area contributed by atoms with Gasteiger partial charge in [-0.05, 0) is 137 Å². The van der Waals surface area contributed by atoms with Gasteiger partial charge in [0.1, 0.15) is 41.1 Å². The lowest BCUT2D eigenvalue weighted by atomic mass is 10.00. The zero-order valence-electron chi connectivity index (χ0n) is 31.6. The van der Waals surface area contributed by atoms with Crippen molar-refractivity contribution in [3.8, 4) is 28.4 Å². The minimum atomic E-state index is -0.354. The van der Waals surface area contributed by atoms with Crippen molar-refractivity contribution in [2.45, 2.75) is 113 Å². The highest BCUT2D eigenvalue weighted by molar-refractivity contribution is 5.91. The zero-order valence-corrected chi connectivity index (χ0v) is 31.6. The molecule has 0 aliphatic rings. The molecule has 0 fully saturated rings. The maximum absolute atomic E-state index is 13.6. The molecule has 1 heterocycles. The van der Waals surface area contributed by atoms with Crippen LogP contribution >= 0.6 is 0 Å². The van der Waals surface area contributed by atoms with Gasteiger partial charge < -0.3 is 19.4 Å². The molecule has 0 aliphatic heterocycles. The van der Waals surface area contributed by atoms with Crippen LogP contribution in [0.1, 0.15) is 112 Å². The maximum atomic E-state index is 13.6. The number of aromatic hydroxyl groups is 2. The predicted molar refractivity (Wildman–Crippen MR) is 211 cm³/mol. The van der Waals surface area contributed by atoms with Gasteiger partial charge in [0, 0.05) is 11.6 Å². The molecule has 50 heavy (non-hydrogen) atoms. The van der Waals surface area contributed by atoms with Crippen molar-refractivity contribution < 1.29 is 19.4 Å². The monoisotopic (exact) mass is 678 g/mol. The van der Waals surface area contributed by atoms with Gasteiger partial charge >= 0.3 is 0 Å². The van der Waals surface area contributed by atoms with Crippen LogP contribution in [0.15, 0.2) is 116 Å². The average Bonchev–Trinajstić information content (AvgIpc) is 3.04. The van der Waals surface area contributed by atoms with Crippen molar-refractivity contribution in [1.29, 1.82) is 0 Å². The van der Waals surface area contributed by atoms with E-state index in [4.69, 9.17) is 9.15 Å². The molecular formula is C45H58O5. The molecule has 0 radical (unpaired) electrons. The van der Waals surface area contributed by atoms with Crippen molar-refractivity contribution in [3.05, 3.63) is 122 Å². The molecule has 0 amide bonds. The minimum absolute atomic E-state index is 0.0650. The highest BCUT2D eigenvalue weighted by atomic mass is 16.5. The van der Waals surface area contributed by atoms with E-state index in [2.05, 4.69) is 85.8 Å². The van der Waals surface area contributed by atoms with Crippen LogP contribution in [0.25, 0.3) is 22.1 Å². The summed E-state index contributed by atoms with van der Waals surface area (Å²) in [7, 11) is 0. The Labute approximate surface area is 300 Å². The Bertz CT molecular complexity index is 1820. The average molecular weight is 679 g/mol. The molecule has 1 aromatic heterocycles. The van der Waals surface area contributed by atoms with E-state index < -0.39 is 0 Å². The fourth-order valence-corrected chi connectivity index (χ4v) is 5.69. The molecule has 0 spiro atoms. The minimum Gasteiger partial charge on any atom is -0.507 e. The van der Waals surface area contributed by atoms with Crippen molar-refractivity contribution in [2.24, 2.45) is 0 Å². The summed E-state index contributed by atoms with van der Waals surface area (Å²) >= 11 is 0. The quantitative estimate of drug-likeness (QED) is 0.131. The maximum Gasteiger partial charge on any atom is 0.204 e. The number of rotatable bonds is 18. The second-order valence-electron chi connectivity index (χ2n) is 14.0. The second kappa shape index (κ2) is 20.2. The number of phenolic OH excluding ortho intramolecular Hbond substituents is 2. The van der Waals surface area contributed by atoms with E-state index in [-0.39, 0.29) is 27.9 Å². The zero-order chi connectivity index (χ0) is 36.6. The van der Waals surface area contributed by atoms with E-state index in [1.165, 1.54) is 45.8 Å². The first kappa shape index (κ1) is 39.9. The van der Waals surface area contributed by atoms with E-state index in [0.29, 0.717) is 35.5 Å². The third-order valence-electron chi connectivity index (χ3n) is 8.85. The third kappa shape index (κ3) is 13.1. The van der Waals surface area contributed by atoms with Crippen molar-refractivity contribution in [1.82, 2.24) is 0 Å². The Kier molecular flexibility index (Phi) is 16.2. The van der Waals surface area contributed by atoms with E-state index in [1.54, 1.807) is 0 Å². The second-order valence-corrected chi connectivity index (χ2v) is 14.0. The molecule has 2 N–H and O–H groups in total. The molecule has 2 aromatic carbocycles. The third-order valence-corrected chi connectivity index (χ3v) is 8.85. The number of hydrogen-bond donors (Lipinski definition) is 2. The summed E-state index contributed by atoms with van der Waals surface area (Å²) in [6, 6.07) is 8.52. The van der Waals surface area contributed by atoms with Crippen molar-refractivity contribution in [2.75, 3.05) is 6.61 Å². The van der Waals surface area contributed by atoms with Crippen molar-refractivity contribution >= 4 is 11.0 Å². The largest absolute Gasteiger partial charge is 0.507 e. The summed E-state index contributed by atoms with van der Waals surface area (Å²) < 4.78 is 11.9. The van der Waals surface area contributed by atoms with E-state index in [0.717, 1.165) is 51.4 Å². The summed E-state index contributed by atoms with van der Waals surface area (Å²) in [4.78, 5) is 13.6. The molecule has 5 heteroatoms. The van der Waals surface area contributed by atoms with Gasteiger partial charge in [0.2, 0.25) is 5.43 Å². The Hall–Kier alpha value is -4.51. The normalized spacial score (nSPS) is 12.7. The lowest BCUT2D eigenvalue weighted by Crippen LogP contribution is -2.06. The first-order valence-electron chi connectivity index (χ1n) is 18.0. The molecule has 0 saturated heterocycles. The number of allylic oxidation sites excluding steroid dienone is 11. The molecule has 0 saturated carbocycles. The van der Waals surface area contributed by atoms with Crippen LogP contribution in [0, 0.1) is 0 Å². The van der Waals surface area contributed by atoms with Gasteiger partial charge in [0.25, 0.3) is 0 Å². The Balaban J connectivity index is 1.64. The lowest BCUT2D eigenvalue weighted by Gasteiger charge is -2.11. The highest BCUT2D eigenvalue weighted by Crippen LogP contribution is 2.35. The van der Waals surface area contributed by atoms with Gasteiger partial charge in [0.05, 0.1) is 5.56 Å². The van der Waals surface area contributed by atoms with Gasteiger partial charge in [-0.1, -0.05) is 76.0 Å². The summed E-state index contributed by atoms with van der Waals surface area (Å²) in [5.74, 6) is 0.296. The van der Waals surface area contributed by atoms with Crippen LogP contribution < -0.4 is 10.2 Å². The molecule has 5 nitrogen and oxygen atoms in total. The van der Waals surface area contributed by atoms with Gasteiger partial charge in [0.15, 0.2) is 0 Å². The summed E-state index contributed by atoms with van der Waals surface area (Å²) in [5, 5.41) is 21.5. The molecule has 268 valence electrons. The highest BCUT2D eigenvalue weighted by Gasteiger charge is 2.19. The number of hydrogen-bond acceptors (Lipinski definition) is 5. The summed E-state index contributed by atoms with van der Waals surface area (Å²) in [6.07, 6.45) is 23.3. The van der Waals surface area contributed by atoms with Crippen LogP contribution in [0.5, 0.6) is 17.2 Å². The van der Waals surface area contributed by atoms with Crippen LogP contribution in [-0.4, -0.2) is 16.8 Å². The molecular weight excluding hydrogens is 620 g/mol. The van der Waals surface area contributed by atoms with Crippen LogP contribution in [0.4, 0.5) is 0 Å². The SMILES string of the molecule is CC(C)=CCC/C(C)=C/CC/C(C)=C/COc1ccc(-c2coc3c(C/C=C(\C)CC/C=C(\C)CCC=C(C)C)c(O)cc(O)c3c2=O)cc1. The first-order chi connectivity index (χ1) is 23.8. The number of ether oxygens (including phenoxy) is 1. The van der Waals surface area contributed by atoms with Gasteiger partial charge in [-0.25, -0.2) is 0 Å². The van der Waals surface area contributed by atoms with Crippen molar-refractivity contribution in [3.63, 3.8) is 0 Å². The van der Waals surface area contributed by atoms with Crippen LogP contribution in [0.3, 0.4) is 0 Å². The molecule has 0 unspecified atom stereocenters. The number of fused-ring (bicyclic) bond motifs is 1.